The molecule has 140 valence electrons. The van der Waals surface area contributed by atoms with E-state index in [1.165, 1.54) is 15.8 Å². The number of aryl methyl sites for hydroxylation is 1. The quantitative estimate of drug-likeness (QED) is 0.593. The highest BCUT2D eigenvalue weighted by atomic mass is 32.2. The molecule has 3 aromatic rings. The molecule has 0 aliphatic carbocycles. The third-order valence-electron chi connectivity index (χ3n) is 5.12. The lowest BCUT2D eigenvalue weighted by molar-refractivity contribution is 0.0313. The molecule has 1 unspecified atom stereocenters. The molecular formula is C22H25N3OS. The molecule has 1 aliphatic heterocycles. The van der Waals surface area contributed by atoms with E-state index in [1.54, 1.807) is 18.0 Å². The molecule has 0 bridgehead atoms. The van der Waals surface area contributed by atoms with E-state index in [1.807, 2.05) is 12.3 Å². The first-order valence-corrected chi connectivity index (χ1v) is 10.7. The third kappa shape index (κ3) is 4.25. The summed E-state index contributed by atoms with van der Waals surface area (Å²) in [7, 11) is 0. The molecule has 0 saturated carbocycles. The van der Waals surface area contributed by atoms with Crippen molar-refractivity contribution in [2.45, 2.75) is 37.4 Å². The number of rotatable bonds is 5. The van der Waals surface area contributed by atoms with Crippen molar-refractivity contribution in [2.24, 2.45) is 0 Å². The van der Waals surface area contributed by atoms with E-state index >= 15 is 0 Å². The van der Waals surface area contributed by atoms with Crippen LogP contribution in [0, 0.1) is 6.92 Å². The molecule has 0 amide bonds. The molecule has 1 saturated heterocycles. The summed E-state index contributed by atoms with van der Waals surface area (Å²) in [6.07, 6.45) is 8.23. The van der Waals surface area contributed by atoms with Crippen molar-refractivity contribution in [1.82, 2.24) is 9.97 Å². The van der Waals surface area contributed by atoms with Crippen LogP contribution in [0.3, 0.4) is 0 Å². The minimum atomic E-state index is 0.231. The van der Waals surface area contributed by atoms with Gasteiger partial charge in [0, 0.05) is 35.8 Å². The van der Waals surface area contributed by atoms with Crippen LogP contribution in [0.15, 0.2) is 53.7 Å². The van der Waals surface area contributed by atoms with Crippen molar-refractivity contribution in [3.63, 3.8) is 0 Å². The van der Waals surface area contributed by atoms with Crippen LogP contribution in [0.5, 0.6) is 0 Å². The van der Waals surface area contributed by atoms with E-state index in [0.717, 1.165) is 42.8 Å². The van der Waals surface area contributed by atoms with Gasteiger partial charge in [-0.3, -0.25) is 4.98 Å². The number of anilines is 1. The summed E-state index contributed by atoms with van der Waals surface area (Å²) in [5, 5.41) is 1.23. The Balaban J connectivity index is 1.50. The average molecular weight is 380 g/mol. The van der Waals surface area contributed by atoms with Crippen LogP contribution in [0.1, 0.15) is 24.0 Å². The van der Waals surface area contributed by atoms with Crippen LogP contribution in [0.4, 0.5) is 5.82 Å². The Morgan fingerprint density at radius 3 is 3.00 bits per heavy atom. The SMILES string of the molecule is CSc1ccc2c(C)cc(N3CCCC(OCc4cccnc4)C3)nc2c1. The first kappa shape index (κ1) is 18.3. The summed E-state index contributed by atoms with van der Waals surface area (Å²) >= 11 is 1.76. The van der Waals surface area contributed by atoms with Gasteiger partial charge in [-0.2, -0.15) is 0 Å². The van der Waals surface area contributed by atoms with E-state index in [4.69, 9.17) is 9.72 Å². The second kappa shape index (κ2) is 8.28. The van der Waals surface area contributed by atoms with Gasteiger partial charge in [0.15, 0.2) is 0 Å². The van der Waals surface area contributed by atoms with Crippen molar-refractivity contribution in [1.29, 1.82) is 0 Å². The zero-order chi connectivity index (χ0) is 18.6. The van der Waals surface area contributed by atoms with Gasteiger partial charge in [-0.1, -0.05) is 12.1 Å². The maximum Gasteiger partial charge on any atom is 0.129 e. The summed E-state index contributed by atoms with van der Waals surface area (Å²) in [6, 6.07) is 12.8. The van der Waals surface area contributed by atoms with Gasteiger partial charge in [-0.15, -0.1) is 11.8 Å². The number of piperidine rings is 1. The number of pyridine rings is 2. The number of fused-ring (bicyclic) bond motifs is 1. The fourth-order valence-corrected chi connectivity index (χ4v) is 4.07. The van der Waals surface area contributed by atoms with Crippen LogP contribution in [-0.4, -0.2) is 35.4 Å². The summed E-state index contributed by atoms with van der Waals surface area (Å²) < 4.78 is 6.16. The number of benzene rings is 1. The van der Waals surface area contributed by atoms with Crippen molar-refractivity contribution >= 4 is 28.5 Å². The maximum absolute atomic E-state index is 6.16. The molecule has 4 rings (SSSR count). The number of ether oxygens (including phenoxy) is 1. The van der Waals surface area contributed by atoms with Crippen LogP contribution >= 0.6 is 11.8 Å². The Morgan fingerprint density at radius 2 is 2.19 bits per heavy atom. The second-order valence-electron chi connectivity index (χ2n) is 7.06. The smallest absolute Gasteiger partial charge is 0.129 e. The van der Waals surface area contributed by atoms with Gasteiger partial charge >= 0.3 is 0 Å². The predicted octanol–water partition coefficient (Wildman–Crippen LogP) is 4.85. The van der Waals surface area contributed by atoms with E-state index in [9.17, 15) is 0 Å². The standard InChI is InChI=1S/C22H25N3OS/c1-16-11-22(24-21-12-19(27-2)7-8-20(16)21)25-10-4-6-18(14-25)26-15-17-5-3-9-23-13-17/h3,5,7-9,11-13,18H,4,6,10,14-15H2,1-2H3. The van der Waals surface area contributed by atoms with Gasteiger partial charge in [-0.25, -0.2) is 4.98 Å². The molecule has 1 atom stereocenters. The van der Waals surface area contributed by atoms with E-state index in [2.05, 4.69) is 53.4 Å². The van der Waals surface area contributed by atoms with Gasteiger partial charge in [0.05, 0.1) is 18.2 Å². The van der Waals surface area contributed by atoms with Crippen LogP contribution < -0.4 is 4.90 Å². The van der Waals surface area contributed by atoms with Gasteiger partial charge in [0.2, 0.25) is 0 Å². The van der Waals surface area contributed by atoms with Crippen molar-refractivity contribution < 1.29 is 4.74 Å². The molecule has 3 heterocycles. The summed E-state index contributed by atoms with van der Waals surface area (Å²) in [5.74, 6) is 1.06. The minimum Gasteiger partial charge on any atom is -0.372 e. The zero-order valence-electron chi connectivity index (χ0n) is 15.9. The van der Waals surface area contributed by atoms with Crippen LogP contribution in [0.25, 0.3) is 10.9 Å². The van der Waals surface area contributed by atoms with Crippen LogP contribution in [-0.2, 0) is 11.3 Å². The van der Waals surface area contributed by atoms with Gasteiger partial charge in [0.25, 0.3) is 0 Å². The maximum atomic E-state index is 6.16. The predicted molar refractivity (Wildman–Crippen MR) is 113 cm³/mol. The normalized spacial score (nSPS) is 17.4. The molecule has 2 aromatic heterocycles. The Morgan fingerprint density at radius 1 is 1.26 bits per heavy atom. The summed E-state index contributed by atoms with van der Waals surface area (Å²) in [5.41, 5.74) is 3.48. The largest absolute Gasteiger partial charge is 0.372 e. The molecule has 0 N–H and O–H groups in total. The molecule has 27 heavy (non-hydrogen) atoms. The van der Waals surface area contributed by atoms with Gasteiger partial charge < -0.3 is 9.64 Å². The zero-order valence-corrected chi connectivity index (χ0v) is 16.7. The second-order valence-corrected chi connectivity index (χ2v) is 7.94. The number of hydrogen-bond acceptors (Lipinski definition) is 5. The van der Waals surface area contributed by atoms with E-state index in [0.29, 0.717) is 6.61 Å². The number of aromatic nitrogens is 2. The minimum absolute atomic E-state index is 0.231. The fourth-order valence-electron chi connectivity index (χ4n) is 3.63. The highest BCUT2D eigenvalue weighted by Crippen LogP contribution is 2.28. The molecule has 1 aliphatic rings. The first-order valence-electron chi connectivity index (χ1n) is 9.44. The average Bonchev–Trinajstić information content (AvgIpc) is 2.72. The number of nitrogens with zero attached hydrogens (tertiary/aromatic N) is 3. The van der Waals surface area contributed by atoms with Crippen molar-refractivity contribution in [2.75, 3.05) is 24.2 Å². The molecule has 1 fully saturated rings. The molecule has 1 aromatic carbocycles. The lowest BCUT2D eigenvalue weighted by atomic mass is 10.1. The number of hydrogen-bond donors (Lipinski definition) is 0. The highest BCUT2D eigenvalue weighted by molar-refractivity contribution is 7.98. The summed E-state index contributed by atoms with van der Waals surface area (Å²) in [4.78, 5) is 12.8. The van der Waals surface area contributed by atoms with Gasteiger partial charge in [-0.05, 0) is 61.4 Å². The lowest BCUT2D eigenvalue weighted by Crippen LogP contribution is -2.40. The highest BCUT2D eigenvalue weighted by Gasteiger charge is 2.22. The molecule has 4 nitrogen and oxygen atoms in total. The monoisotopic (exact) mass is 379 g/mol. The summed E-state index contributed by atoms with van der Waals surface area (Å²) in [6.45, 7) is 4.72. The fraction of sp³-hybridized carbons (Fsp3) is 0.364. The van der Waals surface area contributed by atoms with Gasteiger partial charge in [0.1, 0.15) is 5.82 Å². The Kier molecular flexibility index (Phi) is 5.60. The van der Waals surface area contributed by atoms with E-state index < -0.39 is 0 Å². The van der Waals surface area contributed by atoms with Crippen molar-refractivity contribution in [3.05, 3.63) is 59.9 Å². The Bertz CT molecular complexity index is 916. The first-order chi connectivity index (χ1) is 13.2. The third-order valence-corrected chi connectivity index (χ3v) is 5.85. The Hall–Kier alpha value is -2.11. The Labute approximate surface area is 165 Å². The molecule has 5 heteroatoms. The lowest BCUT2D eigenvalue weighted by Gasteiger charge is -2.33. The molecule has 0 radical (unpaired) electrons. The van der Waals surface area contributed by atoms with Crippen molar-refractivity contribution in [3.8, 4) is 0 Å². The van der Waals surface area contributed by atoms with E-state index in [-0.39, 0.29) is 6.10 Å². The number of thioether (sulfide) groups is 1. The molecular weight excluding hydrogens is 354 g/mol. The molecule has 0 spiro atoms. The van der Waals surface area contributed by atoms with Crippen LogP contribution in [0.2, 0.25) is 0 Å². The topological polar surface area (TPSA) is 38.2 Å².